The van der Waals surface area contributed by atoms with E-state index in [1.165, 1.54) is 0 Å². The lowest BCUT2D eigenvalue weighted by Gasteiger charge is -2.14. The van der Waals surface area contributed by atoms with Crippen molar-refractivity contribution >= 4 is 7.85 Å². The molecule has 1 heterocycles. The van der Waals surface area contributed by atoms with E-state index in [0.29, 0.717) is 0 Å². The van der Waals surface area contributed by atoms with Gasteiger partial charge in [0.05, 0.1) is 12.2 Å². The summed E-state index contributed by atoms with van der Waals surface area (Å²) in [5, 5.41) is 0. The fourth-order valence-corrected chi connectivity index (χ4v) is 1.36. The molecule has 0 spiro atoms. The summed E-state index contributed by atoms with van der Waals surface area (Å²) in [5.74, 6) is 0. The Morgan fingerprint density at radius 2 is 2.40 bits per heavy atom. The van der Waals surface area contributed by atoms with Gasteiger partial charge in [-0.1, -0.05) is 6.92 Å². The molecular formula is C7H13BO2. The molecule has 0 saturated carbocycles. The van der Waals surface area contributed by atoms with Crippen molar-refractivity contribution in [3.8, 4) is 0 Å². The van der Waals surface area contributed by atoms with Crippen LogP contribution < -0.4 is 0 Å². The summed E-state index contributed by atoms with van der Waals surface area (Å²) in [7, 11) is 7.27. The fraction of sp³-hybridized carbons (Fsp3) is 1.00. The van der Waals surface area contributed by atoms with E-state index in [9.17, 15) is 0 Å². The van der Waals surface area contributed by atoms with Crippen LogP contribution in [0.5, 0.6) is 0 Å². The van der Waals surface area contributed by atoms with E-state index >= 15 is 0 Å². The number of rotatable bonds is 2. The molecule has 2 radical (unpaired) electrons. The highest BCUT2D eigenvalue weighted by Gasteiger charge is 2.30. The first-order chi connectivity index (χ1) is 4.77. The molecule has 1 aliphatic rings. The van der Waals surface area contributed by atoms with Gasteiger partial charge in [-0.3, -0.25) is 0 Å². The summed E-state index contributed by atoms with van der Waals surface area (Å²) in [5.41, 5.74) is 0. The molecule has 10 heavy (non-hydrogen) atoms. The smallest absolute Gasteiger partial charge is 0.109 e. The summed E-state index contributed by atoms with van der Waals surface area (Å²) in [6.45, 7) is 2.08. The van der Waals surface area contributed by atoms with E-state index in [2.05, 4.69) is 6.92 Å². The van der Waals surface area contributed by atoms with Crippen LogP contribution in [0.15, 0.2) is 0 Å². The Morgan fingerprint density at radius 3 is 2.80 bits per heavy atom. The topological polar surface area (TPSA) is 18.5 Å². The third kappa shape index (κ3) is 1.52. The van der Waals surface area contributed by atoms with Gasteiger partial charge in [0.25, 0.3) is 0 Å². The van der Waals surface area contributed by atoms with Crippen molar-refractivity contribution in [2.75, 3.05) is 7.11 Å². The monoisotopic (exact) mass is 140 g/mol. The Morgan fingerprint density at radius 1 is 1.70 bits per heavy atom. The first kappa shape index (κ1) is 8.09. The van der Waals surface area contributed by atoms with Crippen LogP contribution in [0.1, 0.15) is 19.8 Å². The van der Waals surface area contributed by atoms with Gasteiger partial charge in [0, 0.05) is 13.1 Å². The van der Waals surface area contributed by atoms with Crippen molar-refractivity contribution in [1.82, 2.24) is 0 Å². The number of hydrogen-bond acceptors (Lipinski definition) is 2. The zero-order chi connectivity index (χ0) is 7.56. The normalized spacial score (nSPS) is 40.4. The van der Waals surface area contributed by atoms with E-state index in [1.807, 2.05) is 0 Å². The highest BCUT2D eigenvalue weighted by molar-refractivity contribution is 6.11. The molecule has 3 heteroatoms. The largest absolute Gasteiger partial charge is 0.382 e. The van der Waals surface area contributed by atoms with E-state index in [0.717, 1.165) is 12.8 Å². The van der Waals surface area contributed by atoms with Gasteiger partial charge >= 0.3 is 0 Å². The lowest BCUT2D eigenvalue weighted by molar-refractivity contribution is 0.00825. The predicted molar refractivity (Wildman–Crippen MR) is 40.1 cm³/mol. The van der Waals surface area contributed by atoms with Crippen molar-refractivity contribution in [2.45, 2.75) is 38.0 Å². The van der Waals surface area contributed by atoms with Gasteiger partial charge in [-0.25, -0.2) is 0 Å². The van der Waals surface area contributed by atoms with Crippen LogP contribution >= 0.6 is 0 Å². The minimum Gasteiger partial charge on any atom is -0.382 e. The Balaban J connectivity index is 2.41. The van der Waals surface area contributed by atoms with Crippen LogP contribution in [0.4, 0.5) is 0 Å². The van der Waals surface area contributed by atoms with Crippen LogP contribution in [0, 0.1) is 0 Å². The quantitative estimate of drug-likeness (QED) is 0.525. The first-order valence-corrected chi connectivity index (χ1v) is 3.71. The maximum atomic E-state index is 5.56. The Labute approximate surface area is 63.3 Å². The number of methoxy groups -OCH3 is 1. The van der Waals surface area contributed by atoms with Crippen molar-refractivity contribution < 1.29 is 9.47 Å². The second-order valence-electron chi connectivity index (χ2n) is 2.63. The Hall–Kier alpha value is -0.0151. The average molecular weight is 140 g/mol. The molecule has 56 valence electrons. The summed E-state index contributed by atoms with van der Waals surface area (Å²) >= 11 is 0. The summed E-state index contributed by atoms with van der Waals surface area (Å²) in [6.07, 6.45) is 2.22. The molecule has 0 amide bonds. The maximum Gasteiger partial charge on any atom is 0.109 e. The second kappa shape index (κ2) is 3.40. The van der Waals surface area contributed by atoms with Crippen LogP contribution in [-0.4, -0.2) is 33.2 Å². The molecular weight excluding hydrogens is 127 g/mol. The molecule has 0 aromatic carbocycles. The van der Waals surface area contributed by atoms with E-state index in [-0.39, 0.29) is 18.2 Å². The van der Waals surface area contributed by atoms with E-state index < -0.39 is 0 Å². The molecule has 2 nitrogen and oxygen atoms in total. The van der Waals surface area contributed by atoms with Crippen LogP contribution in [0.2, 0.25) is 0 Å². The van der Waals surface area contributed by atoms with Gasteiger partial charge in [0.15, 0.2) is 0 Å². The van der Waals surface area contributed by atoms with Gasteiger partial charge in [-0.05, 0) is 12.8 Å². The summed E-state index contributed by atoms with van der Waals surface area (Å²) < 4.78 is 10.5. The van der Waals surface area contributed by atoms with Crippen molar-refractivity contribution in [3.63, 3.8) is 0 Å². The molecule has 3 atom stereocenters. The molecule has 1 fully saturated rings. The highest BCUT2D eigenvalue weighted by atomic mass is 16.6. The lowest BCUT2D eigenvalue weighted by Crippen LogP contribution is -2.21. The van der Waals surface area contributed by atoms with Crippen molar-refractivity contribution in [1.29, 1.82) is 0 Å². The lowest BCUT2D eigenvalue weighted by atomic mass is 9.96. The highest BCUT2D eigenvalue weighted by Crippen LogP contribution is 2.22. The third-order valence-electron chi connectivity index (χ3n) is 1.93. The predicted octanol–water partition coefficient (Wildman–Crippen LogP) is 0.695. The minimum atomic E-state index is -0.116. The van der Waals surface area contributed by atoms with Crippen LogP contribution in [-0.2, 0) is 9.47 Å². The Kier molecular flexibility index (Phi) is 2.75. The standard InChI is InChI=1S/C7H13BO2/c1-3-5-6(9-2)4-7(8)10-5/h5-7H,3-4H2,1-2H3. The zero-order valence-electron chi connectivity index (χ0n) is 6.54. The SMILES string of the molecule is [B]C1CC(OC)C(CC)O1. The molecule has 3 unspecified atom stereocenters. The molecule has 1 aliphatic heterocycles. The molecule has 0 aromatic rings. The van der Waals surface area contributed by atoms with Gasteiger partial charge in [0.1, 0.15) is 7.85 Å². The fourth-order valence-electron chi connectivity index (χ4n) is 1.36. The van der Waals surface area contributed by atoms with Crippen molar-refractivity contribution in [2.24, 2.45) is 0 Å². The molecule has 0 aliphatic carbocycles. The Bertz CT molecular complexity index is 95.8. The maximum absolute atomic E-state index is 5.56. The molecule has 0 bridgehead atoms. The summed E-state index contributed by atoms with van der Waals surface area (Å²) in [6, 6.07) is -0.116. The second-order valence-corrected chi connectivity index (χ2v) is 2.63. The van der Waals surface area contributed by atoms with Gasteiger partial charge in [-0.15, -0.1) is 0 Å². The minimum absolute atomic E-state index is 0.116. The van der Waals surface area contributed by atoms with Gasteiger partial charge < -0.3 is 9.47 Å². The van der Waals surface area contributed by atoms with E-state index in [4.69, 9.17) is 17.3 Å². The number of hydrogen-bond donors (Lipinski definition) is 0. The molecule has 0 aromatic heterocycles. The zero-order valence-corrected chi connectivity index (χ0v) is 6.54. The van der Waals surface area contributed by atoms with Crippen molar-refractivity contribution in [3.05, 3.63) is 0 Å². The number of ether oxygens (including phenoxy) is 2. The van der Waals surface area contributed by atoms with Gasteiger partial charge in [0.2, 0.25) is 0 Å². The molecule has 0 N–H and O–H groups in total. The summed E-state index contributed by atoms with van der Waals surface area (Å²) in [4.78, 5) is 0. The van der Waals surface area contributed by atoms with E-state index in [1.54, 1.807) is 7.11 Å². The molecule has 1 saturated heterocycles. The van der Waals surface area contributed by atoms with Crippen LogP contribution in [0.25, 0.3) is 0 Å². The average Bonchev–Trinajstić information content (AvgIpc) is 2.30. The van der Waals surface area contributed by atoms with Crippen LogP contribution in [0.3, 0.4) is 0 Å². The first-order valence-electron chi connectivity index (χ1n) is 3.71. The molecule has 1 rings (SSSR count). The van der Waals surface area contributed by atoms with Gasteiger partial charge in [-0.2, -0.15) is 0 Å². The third-order valence-corrected chi connectivity index (χ3v) is 1.93.